The number of nitrogens with zero attached hydrogens (tertiary/aromatic N) is 2. The van der Waals surface area contributed by atoms with E-state index in [1.807, 2.05) is 13.8 Å². The number of aliphatic carboxylic acids is 1. The van der Waals surface area contributed by atoms with Crippen molar-refractivity contribution in [2.45, 2.75) is 101 Å². The van der Waals surface area contributed by atoms with Gasteiger partial charge < -0.3 is 44.5 Å². The zero-order chi connectivity index (χ0) is 28.1. The molecule has 1 N–H and O–H groups in total. The number of ketones is 1. The zero-order valence-electron chi connectivity index (χ0n) is 23.3. The Morgan fingerprint density at radius 1 is 0.921 bits per heavy atom. The Kier molecular flexibility index (Phi) is 35.3. The summed E-state index contributed by atoms with van der Waals surface area (Å²) in [5.74, 6) is -0.521. The molecule has 1 unspecified atom stereocenters. The number of thiocarbonyl (C=S) groups is 2. The van der Waals surface area contributed by atoms with Crippen molar-refractivity contribution in [2.24, 2.45) is 0 Å². The van der Waals surface area contributed by atoms with Crippen LogP contribution >= 0.6 is 83.4 Å². The molecule has 2 saturated heterocycles. The number of thioether (sulfide) groups is 1. The van der Waals surface area contributed by atoms with Gasteiger partial charge in [-0.15, -0.1) is 12.4 Å². The van der Waals surface area contributed by atoms with Crippen molar-refractivity contribution >= 4 is 116 Å². The fourth-order valence-electron chi connectivity index (χ4n) is 3.03. The maximum atomic E-state index is 11.2. The molecule has 14 heteroatoms. The van der Waals surface area contributed by atoms with Gasteiger partial charge in [-0.05, 0) is 46.0 Å². The standard InChI is InChI=1S/C12H21NO2S2.C7H13NS2.C4H8O.CHCl3.ClH.Na/c1-3-12(2,10(14)15)17-11(16)13-8-6-4-5-7-9-13;9-7(10)8-5-3-1-2-4-6-8;1-3-4(2)5;2-1(3)4;;/h3-9H2,1-2H3,(H,14,15);1-6H2,(H,9,10);3H2,1-2H3;1H;1H;/q;;;;;+1/p-1. The van der Waals surface area contributed by atoms with Crippen LogP contribution in [0, 0.1) is 0 Å². The van der Waals surface area contributed by atoms with Crippen LogP contribution in [0.1, 0.15) is 91.9 Å². The number of carbonyl (C=O) groups excluding carboxylic acids is 1. The maximum absolute atomic E-state index is 11.2. The number of rotatable bonds is 4. The number of carboxylic acid groups (broad SMARTS) is 1. The molecule has 0 amide bonds. The minimum atomic E-state index is -0.788. The molecule has 38 heavy (non-hydrogen) atoms. The van der Waals surface area contributed by atoms with Gasteiger partial charge in [0.1, 0.15) is 14.9 Å². The topological polar surface area (TPSA) is 60.9 Å². The first kappa shape index (κ1) is 46.6. The summed E-state index contributed by atoms with van der Waals surface area (Å²) in [6.07, 6.45) is 11.3. The first-order valence-corrected chi connectivity index (χ1v) is 15.7. The number of alkyl halides is 3. The van der Waals surface area contributed by atoms with Crippen molar-refractivity contribution in [1.29, 1.82) is 0 Å². The number of halogens is 4. The fraction of sp³-hybridized carbons (Fsp3) is 0.833. The average molecular weight is 701 g/mol. The van der Waals surface area contributed by atoms with Gasteiger partial charge in [0.15, 0.2) is 4.30 Å². The Labute approximate surface area is 294 Å². The van der Waals surface area contributed by atoms with Crippen LogP contribution in [-0.4, -0.2) is 70.5 Å². The zero-order valence-corrected chi connectivity index (χ0v) is 31.7. The van der Waals surface area contributed by atoms with E-state index in [1.165, 1.54) is 50.3 Å². The van der Waals surface area contributed by atoms with Crippen LogP contribution in [0.15, 0.2) is 0 Å². The molecule has 0 spiro atoms. The number of likely N-dealkylation sites (tertiary alicyclic amines) is 2. The molecule has 2 aliphatic rings. The number of Topliss-reactive ketones (excluding diaryl/α,β-unsaturated/α-hetero) is 1. The number of hydrogen-bond acceptors (Lipinski definition) is 6. The van der Waals surface area contributed by atoms with E-state index in [0.717, 1.165) is 43.3 Å². The second-order valence-corrected chi connectivity index (χ2v) is 13.8. The molecule has 5 nitrogen and oxygen atoms in total. The van der Waals surface area contributed by atoms with E-state index in [0.29, 0.717) is 17.2 Å². The van der Waals surface area contributed by atoms with Crippen LogP contribution in [0.3, 0.4) is 0 Å². The molecule has 2 aliphatic heterocycles. The molecule has 2 fully saturated rings. The molecule has 0 aromatic heterocycles. The quantitative estimate of drug-likeness (QED) is 0.184. The second-order valence-electron chi connectivity index (χ2n) is 8.63. The van der Waals surface area contributed by atoms with Crippen molar-refractivity contribution in [3.8, 4) is 0 Å². The molecular formula is C24H43Cl4N2NaO3S4. The summed E-state index contributed by atoms with van der Waals surface area (Å²) < 4.78 is -0.135. The van der Waals surface area contributed by atoms with Gasteiger partial charge in [0, 0.05) is 32.6 Å². The summed E-state index contributed by atoms with van der Waals surface area (Å²) >= 11 is 31.0. The summed E-state index contributed by atoms with van der Waals surface area (Å²) in [5.41, 5.74) is 0. The van der Waals surface area contributed by atoms with Gasteiger partial charge in [0.25, 0.3) is 0 Å². The molecule has 2 rings (SSSR count). The predicted octanol–water partition coefficient (Wildman–Crippen LogP) is 5.23. The Morgan fingerprint density at radius 3 is 1.47 bits per heavy atom. The number of carboxylic acids is 1. The third kappa shape index (κ3) is 26.5. The molecule has 0 aromatic rings. The minimum absolute atomic E-state index is 0. The van der Waals surface area contributed by atoms with E-state index in [4.69, 9.17) is 71.9 Å². The molecule has 0 radical (unpaired) electrons. The largest absolute Gasteiger partial charge is 1.00 e. The maximum Gasteiger partial charge on any atom is 1.00 e. The molecule has 2 heterocycles. The van der Waals surface area contributed by atoms with Crippen LogP contribution in [-0.2, 0) is 22.2 Å². The molecule has 0 bridgehead atoms. The van der Waals surface area contributed by atoms with Gasteiger partial charge >= 0.3 is 35.5 Å². The van der Waals surface area contributed by atoms with Gasteiger partial charge in [0.05, 0.1) is 0 Å². The smallest absolute Gasteiger partial charge is 0.480 e. The van der Waals surface area contributed by atoms with Crippen LogP contribution in [0.2, 0.25) is 0 Å². The van der Waals surface area contributed by atoms with E-state index >= 15 is 0 Å². The first-order valence-electron chi connectivity index (χ1n) is 12.4. The van der Waals surface area contributed by atoms with Gasteiger partial charge in [-0.25, -0.2) is 0 Å². The van der Waals surface area contributed by atoms with Crippen molar-refractivity contribution in [1.82, 2.24) is 9.80 Å². The molecular weight excluding hydrogens is 657 g/mol. The van der Waals surface area contributed by atoms with Crippen LogP contribution in [0.5, 0.6) is 0 Å². The van der Waals surface area contributed by atoms with Gasteiger partial charge in [0.2, 0.25) is 0 Å². The van der Waals surface area contributed by atoms with E-state index in [1.54, 1.807) is 13.8 Å². The predicted molar refractivity (Wildman–Crippen MR) is 176 cm³/mol. The van der Waals surface area contributed by atoms with E-state index in [2.05, 4.69) is 9.80 Å². The summed E-state index contributed by atoms with van der Waals surface area (Å²) in [6, 6.07) is 0. The van der Waals surface area contributed by atoms with Gasteiger partial charge in [-0.2, -0.15) is 0 Å². The third-order valence-electron chi connectivity index (χ3n) is 5.67. The monoisotopic (exact) mass is 698 g/mol. The first-order chi connectivity index (χ1) is 16.8. The van der Waals surface area contributed by atoms with Crippen molar-refractivity contribution in [3.05, 3.63) is 0 Å². The number of hydrogen-bond donors (Lipinski definition) is 1. The Bertz CT molecular complexity index is 651. The Hall–Kier alpha value is 1.65. The SMILES string of the molecule is CCC(C)(SC(=S)N1CCCCCC1)C(=O)O.CCC(C)=O.Cl.ClC(Cl)Cl.S=C([S-])N1CCCCCC1.[Na+]. The summed E-state index contributed by atoms with van der Waals surface area (Å²) in [4.78, 5) is 25.4. The van der Waals surface area contributed by atoms with E-state index < -0.39 is 15.0 Å². The van der Waals surface area contributed by atoms with E-state index in [9.17, 15) is 14.7 Å². The van der Waals surface area contributed by atoms with Crippen LogP contribution in [0.25, 0.3) is 0 Å². The fourth-order valence-corrected chi connectivity index (χ4v) is 5.06. The third-order valence-corrected chi connectivity index (χ3v) is 8.04. The Morgan fingerprint density at radius 2 is 1.24 bits per heavy atom. The van der Waals surface area contributed by atoms with Gasteiger partial charge in [-0.3, -0.25) is 4.79 Å². The van der Waals surface area contributed by atoms with Gasteiger partial charge in [-0.1, -0.05) is 103 Å². The number of carbonyl (C=O) groups is 2. The van der Waals surface area contributed by atoms with E-state index in [-0.39, 0.29) is 47.7 Å². The Balaban J connectivity index is -0.000000234. The molecule has 1 atom stereocenters. The van der Waals surface area contributed by atoms with Crippen LogP contribution in [0.4, 0.5) is 0 Å². The second kappa shape index (κ2) is 28.8. The molecule has 0 aromatic carbocycles. The summed E-state index contributed by atoms with van der Waals surface area (Å²) in [7, 11) is 0. The molecule has 0 saturated carbocycles. The van der Waals surface area contributed by atoms with Crippen molar-refractivity contribution < 1.29 is 44.3 Å². The average Bonchev–Trinajstić information content (AvgIpc) is 3.25. The summed E-state index contributed by atoms with van der Waals surface area (Å²) in [5, 5.41) is 9.24. The normalized spacial score (nSPS) is 16.4. The molecule has 0 aliphatic carbocycles. The van der Waals surface area contributed by atoms with Crippen molar-refractivity contribution in [2.75, 3.05) is 26.2 Å². The van der Waals surface area contributed by atoms with Crippen LogP contribution < -0.4 is 29.6 Å². The minimum Gasteiger partial charge on any atom is -0.480 e. The van der Waals surface area contributed by atoms with Crippen molar-refractivity contribution in [3.63, 3.8) is 0 Å². The summed E-state index contributed by atoms with van der Waals surface area (Å²) in [6.45, 7) is 11.2. The molecule has 220 valence electrons.